The van der Waals surface area contributed by atoms with Gasteiger partial charge in [-0.05, 0) is 36.4 Å². The van der Waals surface area contributed by atoms with E-state index in [4.69, 9.17) is 4.74 Å². The van der Waals surface area contributed by atoms with Crippen LogP contribution >= 0.6 is 0 Å². The van der Waals surface area contributed by atoms with Gasteiger partial charge in [-0.1, -0.05) is 12.1 Å². The van der Waals surface area contributed by atoms with E-state index in [1.807, 2.05) is 67.5 Å². The van der Waals surface area contributed by atoms with Crippen LogP contribution in [0.5, 0.6) is 5.75 Å². The Kier molecular flexibility index (Phi) is 7.86. The lowest BCUT2D eigenvalue weighted by atomic mass is 10.2. The van der Waals surface area contributed by atoms with E-state index >= 15 is 0 Å². The molecule has 31 heavy (non-hydrogen) atoms. The molecular weight excluding hydrogens is 394 g/mol. The molecule has 0 radical (unpaired) electrons. The smallest absolute Gasteiger partial charge is 0.238 e. The first kappa shape index (κ1) is 22.6. The predicted octanol–water partition coefficient (Wildman–Crippen LogP) is 1.96. The molecule has 0 bridgehead atoms. The van der Waals surface area contributed by atoms with Crippen LogP contribution in [0.3, 0.4) is 0 Å². The van der Waals surface area contributed by atoms with Crippen molar-refractivity contribution in [3.63, 3.8) is 0 Å². The van der Waals surface area contributed by atoms with Crippen LogP contribution in [0, 0.1) is 0 Å². The first-order chi connectivity index (χ1) is 14.9. The number of para-hydroxylation sites is 2. The van der Waals surface area contributed by atoms with Crippen molar-refractivity contribution >= 4 is 28.9 Å². The van der Waals surface area contributed by atoms with Gasteiger partial charge in [-0.25, -0.2) is 0 Å². The van der Waals surface area contributed by atoms with Gasteiger partial charge in [0.05, 0.1) is 25.9 Å². The molecule has 2 aromatic carbocycles. The van der Waals surface area contributed by atoms with Gasteiger partial charge in [-0.2, -0.15) is 0 Å². The SMILES string of the molecule is COc1ccccc1NC(=O)CN1CCN(CC(=O)Nc2ccc(N(C)C)cc2)CC1. The number of hydrogen-bond acceptors (Lipinski definition) is 6. The number of benzene rings is 2. The van der Waals surface area contributed by atoms with Crippen molar-refractivity contribution in [1.29, 1.82) is 0 Å². The van der Waals surface area contributed by atoms with Gasteiger partial charge in [0.25, 0.3) is 0 Å². The number of rotatable bonds is 8. The standard InChI is InChI=1S/C23H31N5O3/c1-26(2)19-10-8-18(9-11-19)24-22(29)16-27-12-14-28(15-13-27)17-23(30)25-20-6-4-5-7-21(20)31-3/h4-11H,12-17H2,1-3H3,(H,24,29)(H,25,30). The predicted molar refractivity (Wildman–Crippen MR) is 124 cm³/mol. The largest absolute Gasteiger partial charge is 0.495 e. The maximum absolute atomic E-state index is 12.4. The van der Waals surface area contributed by atoms with Crippen LogP contribution in [0.1, 0.15) is 0 Å². The number of hydrogen-bond donors (Lipinski definition) is 2. The molecule has 3 rings (SSSR count). The molecule has 0 saturated carbocycles. The van der Waals surface area contributed by atoms with Crippen LogP contribution in [-0.2, 0) is 9.59 Å². The van der Waals surface area contributed by atoms with Crippen LogP contribution in [-0.4, -0.2) is 82.1 Å². The third-order valence-corrected chi connectivity index (χ3v) is 5.25. The summed E-state index contributed by atoms with van der Waals surface area (Å²) in [5.41, 5.74) is 2.55. The second-order valence-corrected chi connectivity index (χ2v) is 7.79. The molecule has 8 nitrogen and oxygen atoms in total. The van der Waals surface area contributed by atoms with Gasteiger partial charge >= 0.3 is 0 Å². The zero-order valence-corrected chi connectivity index (χ0v) is 18.4. The second kappa shape index (κ2) is 10.8. The van der Waals surface area contributed by atoms with E-state index in [1.54, 1.807) is 7.11 Å². The average molecular weight is 426 g/mol. The molecule has 0 aromatic heterocycles. The third kappa shape index (κ3) is 6.70. The molecule has 166 valence electrons. The van der Waals surface area contributed by atoms with E-state index in [0.717, 1.165) is 37.6 Å². The molecule has 1 fully saturated rings. The summed E-state index contributed by atoms with van der Waals surface area (Å²) in [5.74, 6) is 0.542. The van der Waals surface area contributed by atoms with Crippen molar-refractivity contribution in [1.82, 2.24) is 9.80 Å². The first-order valence-corrected chi connectivity index (χ1v) is 10.4. The van der Waals surface area contributed by atoms with Crippen molar-refractivity contribution in [2.24, 2.45) is 0 Å². The summed E-state index contributed by atoms with van der Waals surface area (Å²) < 4.78 is 5.27. The maximum atomic E-state index is 12.4. The van der Waals surface area contributed by atoms with Crippen LogP contribution in [0.2, 0.25) is 0 Å². The molecular formula is C23H31N5O3. The van der Waals surface area contributed by atoms with E-state index in [1.165, 1.54) is 0 Å². The van der Waals surface area contributed by atoms with Gasteiger partial charge in [-0.3, -0.25) is 19.4 Å². The molecule has 1 heterocycles. The second-order valence-electron chi connectivity index (χ2n) is 7.79. The highest BCUT2D eigenvalue weighted by Gasteiger charge is 2.21. The van der Waals surface area contributed by atoms with E-state index in [2.05, 4.69) is 20.4 Å². The van der Waals surface area contributed by atoms with E-state index in [9.17, 15) is 9.59 Å². The normalized spacial score (nSPS) is 14.7. The molecule has 0 unspecified atom stereocenters. The summed E-state index contributed by atoms with van der Waals surface area (Å²) in [6.45, 7) is 3.63. The van der Waals surface area contributed by atoms with Crippen molar-refractivity contribution < 1.29 is 14.3 Å². The Morgan fingerprint density at radius 2 is 1.42 bits per heavy atom. The van der Waals surface area contributed by atoms with Crippen molar-refractivity contribution in [3.05, 3.63) is 48.5 Å². The lowest BCUT2D eigenvalue weighted by Gasteiger charge is -2.33. The van der Waals surface area contributed by atoms with Gasteiger partial charge in [0.1, 0.15) is 5.75 Å². The first-order valence-electron chi connectivity index (χ1n) is 10.4. The summed E-state index contributed by atoms with van der Waals surface area (Å²) in [6.07, 6.45) is 0. The molecule has 0 atom stereocenters. The number of amides is 2. The summed E-state index contributed by atoms with van der Waals surface area (Å²) in [6, 6.07) is 15.1. The Hall–Kier alpha value is -3.10. The zero-order chi connectivity index (χ0) is 22.2. The molecule has 0 aliphatic carbocycles. The number of piperazine rings is 1. The van der Waals surface area contributed by atoms with E-state index in [0.29, 0.717) is 24.5 Å². The van der Waals surface area contributed by atoms with Gasteiger partial charge in [0.15, 0.2) is 0 Å². The third-order valence-electron chi connectivity index (χ3n) is 5.25. The molecule has 2 aromatic rings. The Morgan fingerprint density at radius 3 is 1.97 bits per heavy atom. The minimum atomic E-state index is -0.0723. The number of carbonyl (C=O) groups excluding carboxylic acids is 2. The molecule has 1 aliphatic heterocycles. The Bertz CT molecular complexity index is 877. The summed E-state index contributed by atoms with van der Waals surface area (Å²) in [7, 11) is 5.55. The topological polar surface area (TPSA) is 77.1 Å². The number of methoxy groups -OCH3 is 1. The fraction of sp³-hybridized carbons (Fsp3) is 0.391. The lowest BCUT2D eigenvalue weighted by Crippen LogP contribution is -2.50. The molecule has 0 spiro atoms. The zero-order valence-electron chi connectivity index (χ0n) is 18.4. The minimum Gasteiger partial charge on any atom is -0.495 e. The van der Waals surface area contributed by atoms with E-state index in [-0.39, 0.29) is 11.8 Å². The summed E-state index contributed by atoms with van der Waals surface area (Å²) >= 11 is 0. The van der Waals surface area contributed by atoms with Gasteiger partial charge in [0, 0.05) is 51.6 Å². The summed E-state index contributed by atoms with van der Waals surface area (Å²) in [4.78, 5) is 31.0. The fourth-order valence-electron chi connectivity index (χ4n) is 3.49. The van der Waals surface area contributed by atoms with Gasteiger partial charge in [0.2, 0.25) is 11.8 Å². The molecule has 2 amide bonds. The maximum Gasteiger partial charge on any atom is 0.238 e. The van der Waals surface area contributed by atoms with Crippen LogP contribution < -0.4 is 20.3 Å². The van der Waals surface area contributed by atoms with Gasteiger partial charge in [-0.15, -0.1) is 0 Å². The number of ether oxygens (including phenoxy) is 1. The fourth-order valence-corrected chi connectivity index (χ4v) is 3.49. The van der Waals surface area contributed by atoms with Crippen LogP contribution in [0.4, 0.5) is 17.1 Å². The highest BCUT2D eigenvalue weighted by molar-refractivity contribution is 5.94. The number of nitrogens with one attached hydrogen (secondary N) is 2. The molecule has 2 N–H and O–H groups in total. The highest BCUT2D eigenvalue weighted by atomic mass is 16.5. The Morgan fingerprint density at radius 1 is 0.871 bits per heavy atom. The van der Waals surface area contributed by atoms with E-state index < -0.39 is 0 Å². The monoisotopic (exact) mass is 425 g/mol. The van der Waals surface area contributed by atoms with Crippen molar-refractivity contribution in [2.75, 3.05) is 76.0 Å². The molecule has 1 saturated heterocycles. The van der Waals surface area contributed by atoms with Crippen molar-refractivity contribution in [2.45, 2.75) is 0 Å². The van der Waals surface area contributed by atoms with Gasteiger partial charge < -0.3 is 20.3 Å². The number of anilines is 3. The van der Waals surface area contributed by atoms with Crippen molar-refractivity contribution in [3.8, 4) is 5.75 Å². The highest BCUT2D eigenvalue weighted by Crippen LogP contribution is 2.23. The Labute approximate surface area is 183 Å². The summed E-state index contributed by atoms with van der Waals surface area (Å²) in [5, 5.41) is 5.85. The molecule has 8 heteroatoms. The average Bonchev–Trinajstić information content (AvgIpc) is 2.76. The Balaban J connectivity index is 1.40. The molecule has 1 aliphatic rings. The lowest BCUT2D eigenvalue weighted by molar-refractivity contribution is -0.120. The minimum absolute atomic E-state index is 0.0278. The number of nitrogens with zero attached hydrogens (tertiary/aromatic N) is 3. The number of carbonyl (C=O) groups is 2. The van der Waals surface area contributed by atoms with Crippen LogP contribution in [0.15, 0.2) is 48.5 Å². The quantitative estimate of drug-likeness (QED) is 0.673. The van der Waals surface area contributed by atoms with Crippen LogP contribution in [0.25, 0.3) is 0 Å².